The zero-order valence-corrected chi connectivity index (χ0v) is 16.4. The highest BCUT2D eigenvalue weighted by atomic mass is 16.5. The van der Waals surface area contributed by atoms with Crippen LogP contribution in [0.3, 0.4) is 0 Å². The van der Waals surface area contributed by atoms with E-state index in [1.807, 2.05) is 12.1 Å². The predicted octanol–water partition coefficient (Wildman–Crippen LogP) is 6.62. The van der Waals surface area contributed by atoms with Crippen LogP contribution in [0.1, 0.15) is 89.5 Å². The van der Waals surface area contributed by atoms with Gasteiger partial charge in [0.15, 0.2) is 11.5 Å². The smallest absolute Gasteiger partial charge is 0.160 e. The molecule has 0 spiro atoms. The summed E-state index contributed by atoms with van der Waals surface area (Å²) in [5, 5.41) is 9.56. The average Bonchev–Trinajstić information content (AvgIpc) is 2.63. The molecule has 0 heterocycles. The summed E-state index contributed by atoms with van der Waals surface area (Å²) in [6, 6.07) is 5.36. The lowest BCUT2D eigenvalue weighted by molar-refractivity contribution is 0.116. The molecular formula is C22H38O3. The summed E-state index contributed by atoms with van der Waals surface area (Å²) in [7, 11) is 1.56. The third-order valence-corrected chi connectivity index (χ3v) is 4.66. The van der Waals surface area contributed by atoms with E-state index in [0.717, 1.165) is 18.6 Å². The van der Waals surface area contributed by atoms with Crippen LogP contribution in [-0.2, 0) is 11.3 Å². The molecule has 25 heavy (non-hydrogen) atoms. The van der Waals surface area contributed by atoms with Gasteiger partial charge >= 0.3 is 0 Å². The van der Waals surface area contributed by atoms with Gasteiger partial charge in [0.1, 0.15) is 0 Å². The molecule has 3 nitrogen and oxygen atoms in total. The van der Waals surface area contributed by atoms with Crippen molar-refractivity contribution in [2.24, 2.45) is 0 Å². The van der Waals surface area contributed by atoms with E-state index in [2.05, 4.69) is 6.92 Å². The third-order valence-electron chi connectivity index (χ3n) is 4.66. The van der Waals surface area contributed by atoms with Gasteiger partial charge in [-0.3, -0.25) is 0 Å². The van der Waals surface area contributed by atoms with E-state index in [1.54, 1.807) is 13.2 Å². The standard InChI is InChI=1S/C22H38O3/c1-3-4-5-6-7-8-9-10-11-12-13-14-17-25-19-20-15-16-21(23)22(18-20)24-2/h15-16,18,23H,3-14,17,19H2,1-2H3. The first-order valence-electron chi connectivity index (χ1n) is 10.2. The Balaban J connectivity index is 1.87. The SMILES string of the molecule is CCCCCCCCCCCCCCOCc1ccc(O)c(OC)c1. The van der Waals surface area contributed by atoms with Crippen molar-refractivity contribution in [3.63, 3.8) is 0 Å². The average molecular weight is 351 g/mol. The Labute approximate surface area is 154 Å². The molecule has 1 aromatic rings. The molecule has 0 aliphatic heterocycles. The number of ether oxygens (including phenoxy) is 2. The minimum absolute atomic E-state index is 0.173. The van der Waals surface area contributed by atoms with E-state index in [9.17, 15) is 5.11 Å². The molecule has 0 radical (unpaired) electrons. The Morgan fingerprint density at radius 1 is 0.800 bits per heavy atom. The van der Waals surface area contributed by atoms with Gasteiger partial charge in [-0.05, 0) is 24.1 Å². The Bertz CT molecular complexity index is 431. The van der Waals surface area contributed by atoms with Crippen molar-refractivity contribution in [3.8, 4) is 11.5 Å². The molecular weight excluding hydrogens is 312 g/mol. The first-order valence-corrected chi connectivity index (χ1v) is 10.2. The lowest BCUT2D eigenvalue weighted by Crippen LogP contribution is -1.96. The number of rotatable bonds is 16. The normalized spacial score (nSPS) is 11.0. The van der Waals surface area contributed by atoms with Gasteiger partial charge in [0, 0.05) is 6.61 Å². The van der Waals surface area contributed by atoms with E-state index in [-0.39, 0.29) is 5.75 Å². The van der Waals surface area contributed by atoms with Gasteiger partial charge in [0.05, 0.1) is 13.7 Å². The number of phenols is 1. The fourth-order valence-electron chi connectivity index (χ4n) is 3.05. The van der Waals surface area contributed by atoms with Crippen molar-refractivity contribution >= 4 is 0 Å². The maximum atomic E-state index is 9.56. The van der Waals surface area contributed by atoms with Crippen LogP contribution in [0.5, 0.6) is 11.5 Å². The summed E-state index contributed by atoms with van der Waals surface area (Å²) in [5.74, 6) is 0.679. The Hall–Kier alpha value is -1.22. The first kappa shape index (κ1) is 21.8. The second kappa shape index (κ2) is 15.1. The monoisotopic (exact) mass is 350 g/mol. The molecule has 1 rings (SSSR count). The highest BCUT2D eigenvalue weighted by Crippen LogP contribution is 2.26. The molecule has 0 aliphatic carbocycles. The number of unbranched alkanes of at least 4 members (excludes halogenated alkanes) is 11. The summed E-state index contributed by atoms with van der Waals surface area (Å²) in [5.41, 5.74) is 1.04. The molecule has 0 bridgehead atoms. The van der Waals surface area contributed by atoms with E-state index in [0.29, 0.717) is 12.4 Å². The van der Waals surface area contributed by atoms with Gasteiger partial charge in [-0.2, -0.15) is 0 Å². The Morgan fingerprint density at radius 2 is 1.36 bits per heavy atom. The number of benzene rings is 1. The molecule has 3 heteroatoms. The van der Waals surface area contributed by atoms with Gasteiger partial charge in [0.25, 0.3) is 0 Å². The number of phenolic OH excluding ortho intramolecular Hbond substituents is 1. The van der Waals surface area contributed by atoms with Crippen LogP contribution in [0, 0.1) is 0 Å². The van der Waals surface area contributed by atoms with Crippen molar-refractivity contribution in [2.75, 3.05) is 13.7 Å². The molecule has 0 saturated carbocycles. The van der Waals surface area contributed by atoms with Crippen molar-refractivity contribution in [2.45, 2.75) is 90.6 Å². The van der Waals surface area contributed by atoms with E-state index in [1.165, 1.54) is 70.6 Å². The van der Waals surface area contributed by atoms with Gasteiger partial charge in [-0.15, -0.1) is 0 Å². The molecule has 144 valence electrons. The van der Waals surface area contributed by atoms with Crippen molar-refractivity contribution in [3.05, 3.63) is 23.8 Å². The molecule has 1 aromatic carbocycles. The van der Waals surface area contributed by atoms with Gasteiger partial charge in [-0.1, -0.05) is 83.6 Å². The number of methoxy groups -OCH3 is 1. The molecule has 1 N–H and O–H groups in total. The van der Waals surface area contributed by atoms with Crippen LogP contribution < -0.4 is 4.74 Å². The molecule has 0 unspecified atom stereocenters. The van der Waals surface area contributed by atoms with Crippen molar-refractivity contribution in [1.29, 1.82) is 0 Å². The third kappa shape index (κ3) is 11.1. The number of hydrogen-bond donors (Lipinski definition) is 1. The number of aromatic hydroxyl groups is 1. The maximum Gasteiger partial charge on any atom is 0.160 e. The largest absolute Gasteiger partial charge is 0.504 e. The quantitative estimate of drug-likeness (QED) is 0.340. The van der Waals surface area contributed by atoms with E-state index in [4.69, 9.17) is 9.47 Å². The van der Waals surface area contributed by atoms with Crippen LogP contribution in [0.2, 0.25) is 0 Å². The summed E-state index contributed by atoms with van der Waals surface area (Å²) < 4.78 is 10.8. The summed E-state index contributed by atoms with van der Waals surface area (Å²) in [6.45, 7) is 3.66. The minimum atomic E-state index is 0.173. The predicted molar refractivity (Wildman–Crippen MR) is 105 cm³/mol. The first-order chi connectivity index (χ1) is 12.3. The second-order valence-corrected chi connectivity index (χ2v) is 6.95. The topological polar surface area (TPSA) is 38.7 Å². The zero-order valence-electron chi connectivity index (χ0n) is 16.4. The second-order valence-electron chi connectivity index (χ2n) is 6.95. The fourth-order valence-corrected chi connectivity index (χ4v) is 3.05. The molecule has 0 saturated heterocycles. The molecule has 0 aliphatic rings. The highest BCUT2D eigenvalue weighted by molar-refractivity contribution is 5.41. The number of hydrogen-bond acceptors (Lipinski definition) is 3. The molecule has 0 amide bonds. The summed E-state index contributed by atoms with van der Waals surface area (Å²) >= 11 is 0. The molecule has 0 atom stereocenters. The summed E-state index contributed by atoms with van der Waals surface area (Å²) in [4.78, 5) is 0. The van der Waals surface area contributed by atoms with Gasteiger partial charge in [0.2, 0.25) is 0 Å². The lowest BCUT2D eigenvalue weighted by atomic mass is 10.1. The summed E-state index contributed by atoms with van der Waals surface area (Å²) in [6.07, 6.45) is 16.3. The van der Waals surface area contributed by atoms with Crippen LogP contribution in [-0.4, -0.2) is 18.8 Å². The fraction of sp³-hybridized carbons (Fsp3) is 0.727. The van der Waals surface area contributed by atoms with Gasteiger partial charge < -0.3 is 14.6 Å². The minimum Gasteiger partial charge on any atom is -0.504 e. The lowest BCUT2D eigenvalue weighted by Gasteiger charge is -2.08. The van der Waals surface area contributed by atoms with E-state index >= 15 is 0 Å². The van der Waals surface area contributed by atoms with Crippen LogP contribution in [0.25, 0.3) is 0 Å². The van der Waals surface area contributed by atoms with Crippen LogP contribution in [0.4, 0.5) is 0 Å². The van der Waals surface area contributed by atoms with Crippen LogP contribution >= 0.6 is 0 Å². The zero-order chi connectivity index (χ0) is 18.2. The highest BCUT2D eigenvalue weighted by Gasteiger charge is 2.02. The van der Waals surface area contributed by atoms with E-state index < -0.39 is 0 Å². The van der Waals surface area contributed by atoms with Gasteiger partial charge in [-0.25, -0.2) is 0 Å². The molecule has 0 fully saturated rings. The van der Waals surface area contributed by atoms with Crippen molar-refractivity contribution in [1.82, 2.24) is 0 Å². The van der Waals surface area contributed by atoms with Crippen LogP contribution in [0.15, 0.2) is 18.2 Å². The maximum absolute atomic E-state index is 9.56. The molecule has 0 aromatic heterocycles. The Kier molecular flexibility index (Phi) is 13.2. The van der Waals surface area contributed by atoms with Crippen molar-refractivity contribution < 1.29 is 14.6 Å². The Morgan fingerprint density at radius 3 is 1.92 bits per heavy atom.